The van der Waals surface area contributed by atoms with Crippen LogP contribution in [0.3, 0.4) is 0 Å². The fourth-order valence-corrected chi connectivity index (χ4v) is 3.63. The molecule has 0 bridgehead atoms. The summed E-state index contributed by atoms with van der Waals surface area (Å²) in [6.07, 6.45) is 1.69. The van der Waals surface area contributed by atoms with Gasteiger partial charge in [-0.05, 0) is 25.5 Å². The number of hydrogen-bond acceptors (Lipinski definition) is 7. The largest absolute Gasteiger partial charge is 0.416 e. The number of nitrogens with one attached hydrogen (secondary N) is 2. The van der Waals surface area contributed by atoms with Crippen LogP contribution in [0, 0.1) is 12.8 Å². The molecule has 3 rings (SSSR count). The number of thioether (sulfide) groups is 1. The quantitative estimate of drug-likeness (QED) is 0.489. The normalized spacial score (nSPS) is 18.8. The van der Waals surface area contributed by atoms with E-state index in [9.17, 15) is 14.4 Å². The maximum Gasteiger partial charge on any atom is 0.324 e. The lowest BCUT2D eigenvalue weighted by molar-refractivity contribution is -0.134. The second kappa shape index (κ2) is 9.57. The number of para-hydroxylation sites is 1. The van der Waals surface area contributed by atoms with Gasteiger partial charge in [-0.2, -0.15) is 0 Å². The zero-order valence-electron chi connectivity index (χ0n) is 16.8. The van der Waals surface area contributed by atoms with Crippen molar-refractivity contribution in [3.05, 3.63) is 48.4 Å². The summed E-state index contributed by atoms with van der Waals surface area (Å²) in [7, 11) is 0. The standard InChI is InChI=1S/C20H23N5O4S/c1-4-9-25-18(27)14(13(3)21-19(25)28)10-17-23-24-20(29-17)30-11-16(26)22-15-8-6-5-7-12(15)2/h4-8,13-14H,1,9-11H2,2-3H3,(H,21,28)(H,22,26). The van der Waals surface area contributed by atoms with Gasteiger partial charge in [-0.3, -0.25) is 14.5 Å². The van der Waals surface area contributed by atoms with Crippen molar-refractivity contribution in [2.75, 3.05) is 17.6 Å². The van der Waals surface area contributed by atoms with Crippen molar-refractivity contribution < 1.29 is 18.8 Å². The highest BCUT2D eigenvalue weighted by Crippen LogP contribution is 2.23. The highest BCUT2D eigenvalue weighted by Gasteiger charge is 2.39. The van der Waals surface area contributed by atoms with Crippen molar-refractivity contribution in [3.8, 4) is 0 Å². The Kier molecular flexibility index (Phi) is 6.88. The second-order valence-corrected chi connectivity index (χ2v) is 7.83. The zero-order valence-corrected chi connectivity index (χ0v) is 17.6. The first-order chi connectivity index (χ1) is 14.4. The smallest absolute Gasteiger partial charge is 0.324 e. The molecule has 0 saturated carbocycles. The van der Waals surface area contributed by atoms with Crippen LogP contribution in [0.5, 0.6) is 0 Å². The van der Waals surface area contributed by atoms with E-state index in [2.05, 4.69) is 27.4 Å². The average Bonchev–Trinajstić information content (AvgIpc) is 3.16. The monoisotopic (exact) mass is 429 g/mol. The van der Waals surface area contributed by atoms with Gasteiger partial charge in [-0.15, -0.1) is 16.8 Å². The van der Waals surface area contributed by atoms with Crippen LogP contribution in [0.2, 0.25) is 0 Å². The predicted molar refractivity (Wildman–Crippen MR) is 112 cm³/mol. The number of aryl methyl sites for hydroxylation is 1. The van der Waals surface area contributed by atoms with Crippen LogP contribution in [-0.2, 0) is 16.0 Å². The molecule has 0 aliphatic carbocycles. The van der Waals surface area contributed by atoms with Gasteiger partial charge in [-0.1, -0.05) is 36.0 Å². The molecule has 158 valence electrons. The summed E-state index contributed by atoms with van der Waals surface area (Å²) < 4.78 is 5.59. The van der Waals surface area contributed by atoms with Crippen LogP contribution in [0.4, 0.5) is 10.5 Å². The maximum absolute atomic E-state index is 12.6. The van der Waals surface area contributed by atoms with E-state index in [1.807, 2.05) is 31.2 Å². The Hall–Kier alpha value is -3.14. The van der Waals surface area contributed by atoms with Gasteiger partial charge in [-0.25, -0.2) is 4.79 Å². The first kappa shape index (κ1) is 21.6. The first-order valence-electron chi connectivity index (χ1n) is 9.42. The molecule has 1 aromatic carbocycles. The van der Waals surface area contributed by atoms with Gasteiger partial charge in [0.1, 0.15) is 0 Å². The third-order valence-corrected chi connectivity index (χ3v) is 5.50. The Balaban J connectivity index is 1.56. The van der Waals surface area contributed by atoms with Gasteiger partial charge in [0.05, 0.1) is 11.7 Å². The van der Waals surface area contributed by atoms with E-state index in [1.165, 1.54) is 6.08 Å². The van der Waals surface area contributed by atoms with Crippen LogP contribution >= 0.6 is 11.8 Å². The number of rotatable bonds is 8. The van der Waals surface area contributed by atoms with Crippen molar-refractivity contribution in [1.82, 2.24) is 20.4 Å². The van der Waals surface area contributed by atoms with Crippen LogP contribution in [0.1, 0.15) is 18.4 Å². The number of benzene rings is 1. The minimum atomic E-state index is -0.523. The molecule has 1 aromatic heterocycles. The van der Waals surface area contributed by atoms with Gasteiger partial charge in [0.2, 0.25) is 17.7 Å². The summed E-state index contributed by atoms with van der Waals surface area (Å²) in [5.41, 5.74) is 1.73. The molecule has 2 unspecified atom stereocenters. The molecular weight excluding hydrogens is 406 g/mol. The molecule has 1 aliphatic heterocycles. The minimum absolute atomic E-state index is 0.109. The van der Waals surface area contributed by atoms with Crippen molar-refractivity contribution in [2.24, 2.45) is 5.92 Å². The third kappa shape index (κ3) is 5.07. The molecule has 30 heavy (non-hydrogen) atoms. The number of amides is 4. The van der Waals surface area contributed by atoms with Crippen molar-refractivity contribution >= 4 is 35.3 Å². The molecule has 0 radical (unpaired) electrons. The van der Waals surface area contributed by atoms with E-state index < -0.39 is 11.9 Å². The summed E-state index contributed by atoms with van der Waals surface area (Å²) in [6.45, 7) is 7.38. The van der Waals surface area contributed by atoms with Crippen LogP contribution < -0.4 is 10.6 Å². The molecule has 2 aromatic rings. The molecule has 10 heteroatoms. The molecule has 4 amide bonds. The lowest BCUT2D eigenvalue weighted by Gasteiger charge is -2.34. The lowest BCUT2D eigenvalue weighted by atomic mass is 9.93. The maximum atomic E-state index is 12.6. The number of aromatic nitrogens is 2. The number of hydrogen-bond donors (Lipinski definition) is 2. The summed E-state index contributed by atoms with van der Waals surface area (Å²) >= 11 is 1.12. The van der Waals surface area contributed by atoms with E-state index in [0.717, 1.165) is 27.9 Å². The minimum Gasteiger partial charge on any atom is -0.416 e. The van der Waals surface area contributed by atoms with E-state index in [-0.39, 0.29) is 47.7 Å². The van der Waals surface area contributed by atoms with Crippen LogP contribution in [0.15, 0.2) is 46.6 Å². The van der Waals surface area contributed by atoms with Gasteiger partial charge >= 0.3 is 6.03 Å². The first-order valence-corrected chi connectivity index (χ1v) is 10.4. The topological polar surface area (TPSA) is 117 Å². The fraction of sp³-hybridized carbons (Fsp3) is 0.350. The van der Waals surface area contributed by atoms with Crippen molar-refractivity contribution in [2.45, 2.75) is 31.5 Å². The van der Waals surface area contributed by atoms with E-state index >= 15 is 0 Å². The number of anilines is 1. The molecule has 0 spiro atoms. The van der Waals surface area contributed by atoms with Crippen molar-refractivity contribution in [1.29, 1.82) is 0 Å². The summed E-state index contributed by atoms with van der Waals surface area (Å²) in [5.74, 6) is -0.635. The second-order valence-electron chi connectivity index (χ2n) is 6.90. The summed E-state index contributed by atoms with van der Waals surface area (Å²) in [6, 6.07) is 6.70. The Labute approximate surface area is 178 Å². The Morgan fingerprint density at radius 2 is 2.13 bits per heavy atom. The fourth-order valence-electron chi connectivity index (χ4n) is 3.05. The molecule has 2 N–H and O–H groups in total. The van der Waals surface area contributed by atoms with Gasteiger partial charge in [0.25, 0.3) is 5.22 Å². The molecule has 1 aliphatic rings. The van der Waals surface area contributed by atoms with Crippen LogP contribution in [0.25, 0.3) is 0 Å². The molecule has 2 atom stereocenters. The van der Waals surface area contributed by atoms with E-state index in [0.29, 0.717) is 0 Å². The number of carbonyl (C=O) groups is 3. The van der Waals surface area contributed by atoms with Gasteiger partial charge in [0, 0.05) is 24.7 Å². The third-order valence-electron chi connectivity index (χ3n) is 4.68. The summed E-state index contributed by atoms with van der Waals surface area (Å²) in [4.78, 5) is 37.9. The molecule has 1 saturated heterocycles. The Morgan fingerprint density at radius 3 is 2.87 bits per heavy atom. The summed E-state index contributed by atoms with van der Waals surface area (Å²) in [5, 5.41) is 13.7. The Bertz CT molecular complexity index is 960. The number of nitrogens with zero attached hydrogens (tertiary/aromatic N) is 3. The molecule has 9 nitrogen and oxygen atoms in total. The molecule has 1 fully saturated rings. The van der Waals surface area contributed by atoms with E-state index in [4.69, 9.17) is 4.42 Å². The zero-order chi connectivity index (χ0) is 21.7. The SMILES string of the molecule is C=CCN1C(=O)NC(C)C(Cc2nnc(SCC(=O)Nc3ccccc3C)o2)C1=O. The predicted octanol–water partition coefficient (Wildman–Crippen LogP) is 2.39. The number of carbonyl (C=O) groups excluding carboxylic acids is 3. The Morgan fingerprint density at radius 1 is 1.37 bits per heavy atom. The van der Waals surface area contributed by atoms with Gasteiger partial charge < -0.3 is 15.1 Å². The van der Waals surface area contributed by atoms with E-state index in [1.54, 1.807) is 6.92 Å². The highest BCUT2D eigenvalue weighted by molar-refractivity contribution is 7.99. The molecular formula is C20H23N5O4S. The highest BCUT2D eigenvalue weighted by atomic mass is 32.2. The van der Waals surface area contributed by atoms with Crippen molar-refractivity contribution in [3.63, 3.8) is 0 Å². The molecule has 2 heterocycles. The number of urea groups is 1. The lowest BCUT2D eigenvalue weighted by Crippen LogP contribution is -2.59. The van der Waals surface area contributed by atoms with Gasteiger partial charge in [0.15, 0.2) is 0 Å². The average molecular weight is 430 g/mol. The van der Waals surface area contributed by atoms with Crippen LogP contribution in [-0.4, -0.2) is 51.3 Å². The number of imide groups is 1.